The number of anilines is 1. The van der Waals surface area contributed by atoms with Crippen LogP contribution in [0.5, 0.6) is 0 Å². The zero-order valence-electron chi connectivity index (χ0n) is 14.7. The van der Waals surface area contributed by atoms with E-state index in [-0.39, 0.29) is 17.3 Å². The maximum absolute atomic E-state index is 12.3. The number of rotatable bonds is 7. The summed E-state index contributed by atoms with van der Waals surface area (Å²) in [6, 6.07) is 12.1. The third kappa shape index (κ3) is 4.17. The molecule has 0 aliphatic carbocycles. The number of allylic oxidation sites excluding steroid dienone is 1. The molecule has 0 unspecified atom stereocenters. The molecule has 3 rings (SSSR count). The van der Waals surface area contributed by atoms with Crippen LogP contribution in [0.25, 0.3) is 11.0 Å². The average molecular weight is 382 g/mol. The van der Waals surface area contributed by atoms with Crippen LogP contribution >= 0.6 is 11.8 Å². The van der Waals surface area contributed by atoms with Crippen molar-refractivity contribution in [3.8, 4) is 0 Å². The highest BCUT2D eigenvalue weighted by Gasteiger charge is 2.14. The number of thioether (sulfide) groups is 1. The zero-order chi connectivity index (χ0) is 19.4. The maximum atomic E-state index is 12.3. The third-order valence-corrected chi connectivity index (χ3v) is 4.93. The number of nitro groups is 1. The highest BCUT2D eigenvalue weighted by molar-refractivity contribution is 7.99. The van der Waals surface area contributed by atoms with Crippen molar-refractivity contribution < 1.29 is 9.72 Å². The van der Waals surface area contributed by atoms with Gasteiger partial charge in [0.05, 0.1) is 21.7 Å². The summed E-state index contributed by atoms with van der Waals surface area (Å²) in [5, 5.41) is 14.3. The Hall–Kier alpha value is -3.13. The number of para-hydroxylation sites is 2. The van der Waals surface area contributed by atoms with Gasteiger partial charge in [-0.25, -0.2) is 4.98 Å². The number of hydrogen-bond donors (Lipinski definition) is 1. The molecule has 27 heavy (non-hydrogen) atoms. The van der Waals surface area contributed by atoms with E-state index in [2.05, 4.69) is 16.9 Å². The summed E-state index contributed by atoms with van der Waals surface area (Å²) in [4.78, 5) is 27.2. The molecule has 0 saturated carbocycles. The Labute approximate surface area is 160 Å². The Morgan fingerprint density at radius 1 is 1.37 bits per heavy atom. The molecule has 1 amide bonds. The van der Waals surface area contributed by atoms with Crippen molar-refractivity contribution in [2.24, 2.45) is 0 Å². The van der Waals surface area contributed by atoms with Crippen LogP contribution in [0.15, 0.2) is 60.3 Å². The molecule has 1 N–H and O–H groups in total. The standard InChI is InChI=1S/C19H18N4O3S/c1-3-10-22-17-7-5-4-6-16(17)21-19(22)27-12-18(24)20-15-9-8-14(23(25)26)11-13(15)2/h3-9,11H,1,10,12H2,2H3,(H,20,24). The van der Waals surface area contributed by atoms with E-state index in [0.29, 0.717) is 17.8 Å². The first kappa shape index (κ1) is 18.7. The molecule has 0 atom stereocenters. The Balaban J connectivity index is 1.71. The van der Waals surface area contributed by atoms with Crippen LogP contribution in [0.3, 0.4) is 0 Å². The summed E-state index contributed by atoms with van der Waals surface area (Å²) < 4.78 is 2.01. The van der Waals surface area contributed by atoms with Crippen LogP contribution < -0.4 is 5.32 Å². The van der Waals surface area contributed by atoms with Crippen molar-refractivity contribution in [3.63, 3.8) is 0 Å². The molecule has 8 heteroatoms. The molecule has 1 aromatic heterocycles. The Kier molecular flexibility index (Phi) is 5.56. The lowest BCUT2D eigenvalue weighted by atomic mass is 10.2. The molecule has 138 valence electrons. The predicted octanol–water partition coefficient (Wildman–Crippen LogP) is 4.17. The molecule has 0 saturated heterocycles. The number of nitro benzene ring substituents is 1. The lowest BCUT2D eigenvalue weighted by Crippen LogP contribution is -2.15. The quantitative estimate of drug-likeness (QED) is 0.287. The van der Waals surface area contributed by atoms with Crippen molar-refractivity contribution in [2.45, 2.75) is 18.6 Å². The Morgan fingerprint density at radius 3 is 2.85 bits per heavy atom. The number of benzene rings is 2. The molecular weight excluding hydrogens is 364 g/mol. The lowest BCUT2D eigenvalue weighted by Gasteiger charge is -2.09. The van der Waals surface area contributed by atoms with Crippen molar-refractivity contribution in [1.82, 2.24) is 9.55 Å². The number of nitrogens with one attached hydrogen (secondary N) is 1. The van der Waals surface area contributed by atoms with Gasteiger partial charge in [-0.15, -0.1) is 6.58 Å². The summed E-state index contributed by atoms with van der Waals surface area (Å²) in [7, 11) is 0. The zero-order valence-corrected chi connectivity index (χ0v) is 15.5. The molecule has 0 radical (unpaired) electrons. The van der Waals surface area contributed by atoms with Gasteiger partial charge in [0, 0.05) is 24.4 Å². The van der Waals surface area contributed by atoms with Gasteiger partial charge in [0.25, 0.3) is 5.69 Å². The number of amides is 1. The molecule has 0 aliphatic heterocycles. The number of carbonyl (C=O) groups excluding carboxylic acids is 1. The number of hydrogen-bond acceptors (Lipinski definition) is 5. The summed E-state index contributed by atoms with van der Waals surface area (Å²) in [6.07, 6.45) is 1.79. The predicted molar refractivity (Wildman–Crippen MR) is 107 cm³/mol. The molecule has 0 fully saturated rings. The summed E-state index contributed by atoms with van der Waals surface area (Å²) in [5.74, 6) is -0.0224. The van der Waals surface area contributed by atoms with E-state index in [1.165, 1.54) is 23.9 Å². The van der Waals surface area contributed by atoms with E-state index >= 15 is 0 Å². The molecule has 2 aromatic carbocycles. The van der Waals surface area contributed by atoms with Gasteiger partial charge in [-0.1, -0.05) is 30.0 Å². The minimum atomic E-state index is -0.460. The molecule has 0 aliphatic rings. The van der Waals surface area contributed by atoms with Crippen molar-refractivity contribution in [1.29, 1.82) is 0 Å². The van der Waals surface area contributed by atoms with Gasteiger partial charge in [-0.2, -0.15) is 0 Å². The SMILES string of the molecule is C=CCn1c(SCC(=O)Nc2ccc([N+](=O)[O-])cc2C)nc2ccccc21. The topological polar surface area (TPSA) is 90.1 Å². The Morgan fingerprint density at radius 2 is 2.15 bits per heavy atom. The molecule has 7 nitrogen and oxygen atoms in total. The highest BCUT2D eigenvalue weighted by Crippen LogP contribution is 2.25. The van der Waals surface area contributed by atoms with Crippen LogP contribution in [0.1, 0.15) is 5.56 Å². The highest BCUT2D eigenvalue weighted by atomic mass is 32.2. The first-order chi connectivity index (χ1) is 13.0. The number of aryl methyl sites for hydroxylation is 1. The Bertz CT molecular complexity index is 1030. The van der Waals surface area contributed by atoms with E-state index in [9.17, 15) is 14.9 Å². The first-order valence-corrected chi connectivity index (χ1v) is 9.22. The molecule has 1 heterocycles. The van der Waals surface area contributed by atoms with Crippen LogP contribution in [0, 0.1) is 17.0 Å². The molecule has 3 aromatic rings. The van der Waals surface area contributed by atoms with Gasteiger partial charge in [0.15, 0.2) is 5.16 Å². The number of carbonyl (C=O) groups is 1. The van der Waals surface area contributed by atoms with Crippen LogP contribution in [-0.4, -0.2) is 26.1 Å². The molecular formula is C19H18N4O3S. The van der Waals surface area contributed by atoms with Gasteiger partial charge in [-0.05, 0) is 30.7 Å². The summed E-state index contributed by atoms with van der Waals surface area (Å²) in [5.41, 5.74) is 3.06. The molecule has 0 spiro atoms. The lowest BCUT2D eigenvalue weighted by molar-refractivity contribution is -0.384. The van der Waals surface area contributed by atoms with E-state index in [1.54, 1.807) is 19.1 Å². The number of aromatic nitrogens is 2. The van der Waals surface area contributed by atoms with E-state index in [0.717, 1.165) is 16.2 Å². The summed E-state index contributed by atoms with van der Waals surface area (Å²) >= 11 is 1.34. The van der Waals surface area contributed by atoms with E-state index in [4.69, 9.17) is 0 Å². The number of nitrogens with zero attached hydrogens (tertiary/aromatic N) is 3. The first-order valence-electron chi connectivity index (χ1n) is 8.23. The second-order valence-electron chi connectivity index (χ2n) is 5.88. The number of imidazole rings is 1. The molecule has 0 bridgehead atoms. The van der Waals surface area contributed by atoms with Gasteiger partial charge in [-0.3, -0.25) is 14.9 Å². The fraction of sp³-hybridized carbons (Fsp3) is 0.158. The third-order valence-electron chi connectivity index (χ3n) is 3.96. The number of non-ortho nitro benzene ring substituents is 1. The second kappa shape index (κ2) is 8.05. The fourth-order valence-electron chi connectivity index (χ4n) is 2.69. The van der Waals surface area contributed by atoms with Crippen molar-refractivity contribution in [2.75, 3.05) is 11.1 Å². The monoisotopic (exact) mass is 382 g/mol. The largest absolute Gasteiger partial charge is 0.325 e. The van der Waals surface area contributed by atoms with Crippen molar-refractivity contribution in [3.05, 3.63) is 70.8 Å². The average Bonchev–Trinajstić information content (AvgIpc) is 3.00. The number of fused-ring (bicyclic) bond motifs is 1. The van der Waals surface area contributed by atoms with Gasteiger partial charge in [0.1, 0.15) is 0 Å². The second-order valence-corrected chi connectivity index (χ2v) is 6.82. The van der Waals surface area contributed by atoms with Gasteiger partial charge in [0.2, 0.25) is 5.91 Å². The van der Waals surface area contributed by atoms with E-state index in [1.807, 2.05) is 28.8 Å². The van der Waals surface area contributed by atoms with Gasteiger partial charge < -0.3 is 9.88 Å². The van der Waals surface area contributed by atoms with Crippen LogP contribution in [0.4, 0.5) is 11.4 Å². The van der Waals surface area contributed by atoms with Crippen LogP contribution in [0.2, 0.25) is 0 Å². The van der Waals surface area contributed by atoms with Gasteiger partial charge >= 0.3 is 0 Å². The normalized spacial score (nSPS) is 10.7. The van der Waals surface area contributed by atoms with E-state index < -0.39 is 4.92 Å². The smallest absolute Gasteiger partial charge is 0.269 e. The van der Waals surface area contributed by atoms with Crippen molar-refractivity contribution >= 4 is 40.1 Å². The minimum Gasteiger partial charge on any atom is -0.325 e. The summed E-state index contributed by atoms with van der Waals surface area (Å²) in [6.45, 7) is 6.10. The maximum Gasteiger partial charge on any atom is 0.269 e. The minimum absolute atomic E-state index is 0.00184. The fourth-order valence-corrected chi connectivity index (χ4v) is 3.51. The van der Waals surface area contributed by atoms with Crippen LogP contribution in [-0.2, 0) is 11.3 Å².